The van der Waals surface area contributed by atoms with E-state index in [1.54, 1.807) is 18.2 Å². The second-order valence-electron chi connectivity index (χ2n) is 4.11. The van der Waals surface area contributed by atoms with Gasteiger partial charge in [-0.2, -0.15) is 0 Å². The summed E-state index contributed by atoms with van der Waals surface area (Å²) in [6.45, 7) is 1.95. The first-order valence-electron chi connectivity index (χ1n) is 5.65. The molecule has 0 bridgehead atoms. The molecule has 1 aromatic carbocycles. The summed E-state index contributed by atoms with van der Waals surface area (Å²) < 4.78 is 6.44. The smallest absolute Gasteiger partial charge is 0.254 e. The van der Waals surface area contributed by atoms with Crippen LogP contribution in [0.4, 0.5) is 0 Å². The monoisotopic (exact) mass is 355 g/mol. The van der Waals surface area contributed by atoms with Gasteiger partial charge < -0.3 is 9.32 Å². The first-order chi connectivity index (χ1) is 8.59. The third-order valence-corrected chi connectivity index (χ3v) is 3.67. The van der Waals surface area contributed by atoms with Gasteiger partial charge in [0.25, 0.3) is 5.91 Å². The van der Waals surface area contributed by atoms with E-state index in [1.807, 2.05) is 43.3 Å². The SMILES string of the molecule is CC(c1ccco1)N(C)C(=O)c1ccc(I)cc1. The van der Waals surface area contributed by atoms with Crippen molar-refractivity contribution >= 4 is 28.5 Å². The molecule has 0 aliphatic rings. The Kier molecular flexibility index (Phi) is 4.06. The molecule has 3 nitrogen and oxygen atoms in total. The van der Waals surface area contributed by atoms with Crippen LogP contribution in [0.1, 0.15) is 29.1 Å². The number of rotatable bonds is 3. The average molecular weight is 355 g/mol. The Bertz CT molecular complexity index is 519. The molecule has 2 aromatic rings. The number of hydrogen-bond donors (Lipinski definition) is 0. The van der Waals surface area contributed by atoms with E-state index in [-0.39, 0.29) is 11.9 Å². The van der Waals surface area contributed by atoms with E-state index in [0.29, 0.717) is 5.56 Å². The summed E-state index contributed by atoms with van der Waals surface area (Å²) in [4.78, 5) is 14.0. The van der Waals surface area contributed by atoms with Crippen LogP contribution < -0.4 is 0 Å². The van der Waals surface area contributed by atoms with Crippen molar-refractivity contribution in [3.63, 3.8) is 0 Å². The molecule has 0 radical (unpaired) electrons. The number of nitrogens with zero attached hydrogens (tertiary/aromatic N) is 1. The quantitative estimate of drug-likeness (QED) is 0.787. The van der Waals surface area contributed by atoms with Gasteiger partial charge in [-0.15, -0.1) is 0 Å². The van der Waals surface area contributed by atoms with Gasteiger partial charge >= 0.3 is 0 Å². The van der Waals surface area contributed by atoms with Crippen LogP contribution in [-0.2, 0) is 0 Å². The van der Waals surface area contributed by atoms with Crippen molar-refractivity contribution in [2.75, 3.05) is 7.05 Å². The molecule has 0 spiro atoms. The van der Waals surface area contributed by atoms with Crippen molar-refractivity contribution in [1.29, 1.82) is 0 Å². The van der Waals surface area contributed by atoms with Crippen LogP contribution in [0, 0.1) is 3.57 Å². The van der Waals surface area contributed by atoms with E-state index in [0.717, 1.165) is 9.33 Å². The maximum atomic E-state index is 12.3. The summed E-state index contributed by atoms with van der Waals surface area (Å²) in [6, 6.07) is 11.2. The Morgan fingerprint density at radius 1 is 1.28 bits per heavy atom. The Labute approximate surface area is 120 Å². The van der Waals surface area contributed by atoms with E-state index in [4.69, 9.17) is 4.42 Å². The fourth-order valence-electron chi connectivity index (χ4n) is 1.69. The first kappa shape index (κ1) is 13.1. The van der Waals surface area contributed by atoms with Gasteiger partial charge in [0.1, 0.15) is 5.76 Å². The molecule has 0 aliphatic carbocycles. The molecular formula is C14H14INO2. The van der Waals surface area contributed by atoms with Crippen LogP contribution in [0.3, 0.4) is 0 Å². The first-order valence-corrected chi connectivity index (χ1v) is 6.73. The van der Waals surface area contributed by atoms with Crippen molar-refractivity contribution in [2.45, 2.75) is 13.0 Å². The molecule has 0 saturated carbocycles. The average Bonchev–Trinajstić information content (AvgIpc) is 2.91. The molecule has 0 fully saturated rings. The van der Waals surface area contributed by atoms with E-state index in [1.165, 1.54) is 0 Å². The number of furan rings is 1. The topological polar surface area (TPSA) is 33.5 Å². The normalized spacial score (nSPS) is 12.2. The molecule has 1 heterocycles. The van der Waals surface area contributed by atoms with E-state index < -0.39 is 0 Å². The molecule has 18 heavy (non-hydrogen) atoms. The molecule has 1 atom stereocenters. The van der Waals surface area contributed by atoms with Gasteiger partial charge in [-0.05, 0) is 65.9 Å². The molecule has 1 unspecified atom stereocenters. The second kappa shape index (κ2) is 5.56. The van der Waals surface area contributed by atoms with Crippen LogP contribution in [0.25, 0.3) is 0 Å². The van der Waals surface area contributed by atoms with Crippen molar-refractivity contribution in [3.05, 3.63) is 57.6 Å². The Morgan fingerprint density at radius 3 is 2.50 bits per heavy atom. The zero-order valence-electron chi connectivity index (χ0n) is 10.3. The molecule has 4 heteroatoms. The van der Waals surface area contributed by atoms with Gasteiger partial charge in [-0.1, -0.05) is 0 Å². The van der Waals surface area contributed by atoms with Crippen molar-refractivity contribution < 1.29 is 9.21 Å². The number of carbonyl (C=O) groups is 1. The molecule has 1 aromatic heterocycles. The summed E-state index contributed by atoms with van der Waals surface area (Å²) in [7, 11) is 1.79. The van der Waals surface area contributed by atoms with Crippen LogP contribution >= 0.6 is 22.6 Å². The highest BCUT2D eigenvalue weighted by Gasteiger charge is 2.20. The van der Waals surface area contributed by atoms with Crippen LogP contribution in [-0.4, -0.2) is 17.9 Å². The third kappa shape index (κ3) is 2.75. The minimum Gasteiger partial charge on any atom is -0.467 e. The lowest BCUT2D eigenvalue weighted by Gasteiger charge is -2.23. The van der Waals surface area contributed by atoms with Gasteiger partial charge in [-0.25, -0.2) is 0 Å². The molecule has 1 amide bonds. The Balaban J connectivity index is 2.16. The van der Waals surface area contributed by atoms with Crippen LogP contribution in [0.2, 0.25) is 0 Å². The fourth-order valence-corrected chi connectivity index (χ4v) is 2.05. The summed E-state index contributed by atoms with van der Waals surface area (Å²) in [5.74, 6) is 0.784. The number of halogens is 1. The summed E-state index contributed by atoms with van der Waals surface area (Å²) in [5.41, 5.74) is 0.691. The van der Waals surface area contributed by atoms with Gasteiger partial charge in [0, 0.05) is 16.2 Å². The zero-order valence-corrected chi connectivity index (χ0v) is 12.4. The zero-order chi connectivity index (χ0) is 13.1. The Morgan fingerprint density at radius 2 is 1.94 bits per heavy atom. The molecule has 2 rings (SSSR count). The number of carbonyl (C=O) groups excluding carboxylic acids is 1. The predicted molar refractivity (Wildman–Crippen MR) is 78.4 cm³/mol. The lowest BCUT2D eigenvalue weighted by Crippen LogP contribution is -2.29. The maximum absolute atomic E-state index is 12.3. The fraction of sp³-hybridized carbons (Fsp3) is 0.214. The summed E-state index contributed by atoms with van der Waals surface area (Å²) in [6.07, 6.45) is 1.62. The molecule has 0 N–H and O–H groups in total. The molecule has 0 saturated heterocycles. The molecule has 94 valence electrons. The van der Waals surface area contributed by atoms with E-state index in [2.05, 4.69) is 22.6 Å². The van der Waals surface area contributed by atoms with Crippen molar-refractivity contribution in [2.24, 2.45) is 0 Å². The number of amides is 1. The summed E-state index contributed by atoms with van der Waals surface area (Å²) >= 11 is 2.22. The molecule has 0 aliphatic heterocycles. The largest absolute Gasteiger partial charge is 0.467 e. The highest BCUT2D eigenvalue weighted by Crippen LogP contribution is 2.21. The predicted octanol–water partition coefficient (Wildman–Crippen LogP) is 3.72. The van der Waals surface area contributed by atoms with Crippen LogP contribution in [0.15, 0.2) is 47.1 Å². The highest BCUT2D eigenvalue weighted by atomic mass is 127. The van der Waals surface area contributed by atoms with E-state index in [9.17, 15) is 4.79 Å². The van der Waals surface area contributed by atoms with Crippen molar-refractivity contribution in [3.8, 4) is 0 Å². The number of hydrogen-bond acceptors (Lipinski definition) is 2. The van der Waals surface area contributed by atoms with Gasteiger partial charge in [0.15, 0.2) is 0 Å². The Hall–Kier alpha value is -1.30. The maximum Gasteiger partial charge on any atom is 0.254 e. The standard InChI is InChI=1S/C14H14INO2/c1-10(13-4-3-9-18-13)16(2)14(17)11-5-7-12(15)8-6-11/h3-10H,1-2H3. The second-order valence-corrected chi connectivity index (χ2v) is 5.36. The third-order valence-electron chi connectivity index (χ3n) is 2.95. The van der Waals surface area contributed by atoms with Gasteiger partial charge in [0.05, 0.1) is 12.3 Å². The van der Waals surface area contributed by atoms with Crippen molar-refractivity contribution in [1.82, 2.24) is 4.90 Å². The highest BCUT2D eigenvalue weighted by molar-refractivity contribution is 14.1. The minimum atomic E-state index is -0.0771. The lowest BCUT2D eigenvalue weighted by molar-refractivity contribution is 0.0726. The summed E-state index contributed by atoms with van der Waals surface area (Å²) in [5, 5.41) is 0. The lowest BCUT2D eigenvalue weighted by atomic mass is 10.1. The molecular weight excluding hydrogens is 341 g/mol. The van der Waals surface area contributed by atoms with E-state index >= 15 is 0 Å². The minimum absolute atomic E-state index is 0.00435. The van der Waals surface area contributed by atoms with Crippen LogP contribution in [0.5, 0.6) is 0 Å². The van der Waals surface area contributed by atoms with Gasteiger partial charge in [-0.3, -0.25) is 4.79 Å². The number of benzene rings is 1. The van der Waals surface area contributed by atoms with Gasteiger partial charge in [0.2, 0.25) is 0 Å².